The molecule has 1 saturated carbocycles. The van der Waals surface area contributed by atoms with Crippen molar-refractivity contribution in [3.8, 4) is 5.75 Å². The molecular weight excluding hydrogens is 681 g/mol. The normalized spacial score (nSPS) is 25.0. The van der Waals surface area contributed by atoms with Gasteiger partial charge in [0.2, 0.25) is 0 Å². The smallest absolute Gasteiger partial charge is 0.459 e. The minimum Gasteiger partial charge on any atom is -0.461 e. The zero-order valence-corrected chi connectivity index (χ0v) is 31.4. The minimum absolute atomic E-state index is 0.0767. The number of rotatable bonds is 12. The van der Waals surface area contributed by atoms with Crippen molar-refractivity contribution in [2.75, 3.05) is 12.3 Å². The molecule has 16 heteroatoms. The third-order valence-corrected chi connectivity index (χ3v) is 10.7. The topological polar surface area (TPSA) is 192 Å². The first-order chi connectivity index (χ1) is 23.7. The third kappa shape index (κ3) is 8.54. The zero-order valence-electron chi connectivity index (χ0n) is 30.5. The maximum Gasteiger partial charge on any atom is 0.459 e. The number of hydrogen-bond donors (Lipinski definition) is 2. The highest BCUT2D eigenvalue weighted by Crippen LogP contribution is 2.49. The lowest BCUT2D eigenvalue weighted by atomic mass is 9.70. The molecule has 0 bridgehead atoms. The lowest BCUT2D eigenvalue weighted by molar-refractivity contribution is -0.168. The van der Waals surface area contributed by atoms with Crippen molar-refractivity contribution in [2.45, 2.75) is 117 Å². The van der Waals surface area contributed by atoms with Crippen molar-refractivity contribution in [2.24, 2.45) is 5.41 Å². The molecule has 0 amide bonds. The van der Waals surface area contributed by atoms with E-state index in [9.17, 15) is 18.9 Å². The highest BCUT2D eigenvalue weighted by Gasteiger charge is 2.59. The van der Waals surface area contributed by atoms with Crippen LogP contribution in [-0.4, -0.2) is 69.6 Å². The van der Waals surface area contributed by atoms with Crippen LogP contribution in [0.2, 0.25) is 0 Å². The molecule has 5 rings (SSSR count). The molecule has 3 aromatic rings. The number of ether oxygens (including phenoxy) is 4. The van der Waals surface area contributed by atoms with Crippen LogP contribution in [0.3, 0.4) is 0 Å². The molecule has 2 aliphatic rings. The van der Waals surface area contributed by atoms with E-state index in [-0.39, 0.29) is 28.5 Å². The number of carbonyl (C=O) groups is 3. The molecule has 3 N–H and O–H groups in total. The van der Waals surface area contributed by atoms with Crippen LogP contribution in [0.4, 0.5) is 5.82 Å². The average Bonchev–Trinajstić information content (AvgIpc) is 3.55. The van der Waals surface area contributed by atoms with Crippen molar-refractivity contribution in [3.05, 3.63) is 54.0 Å². The summed E-state index contributed by atoms with van der Waals surface area (Å²) in [6.07, 6.45) is -1.16. The Morgan fingerprint density at radius 2 is 1.69 bits per heavy atom. The molecule has 1 aliphatic heterocycles. The predicted octanol–water partition coefficient (Wildman–Crippen LogP) is 5.00. The number of nitrogen functional groups attached to an aromatic ring is 1. The van der Waals surface area contributed by atoms with Crippen LogP contribution in [0.25, 0.3) is 5.52 Å². The second-order valence-corrected chi connectivity index (χ2v) is 16.9. The largest absolute Gasteiger partial charge is 0.461 e. The summed E-state index contributed by atoms with van der Waals surface area (Å²) in [6, 6.07) is 9.27. The molecule has 0 radical (unpaired) electrons. The Labute approximate surface area is 297 Å². The van der Waals surface area contributed by atoms with E-state index in [1.807, 2.05) is 12.1 Å². The van der Waals surface area contributed by atoms with Gasteiger partial charge in [0.05, 0.1) is 12.3 Å². The summed E-state index contributed by atoms with van der Waals surface area (Å²) in [5.41, 5.74) is 6.41. The number of anilines is 1. The van der Waals surface area contributed by atoms with Crippen LogP contribution in [0.15, 0.2) is 42.7 Å². The summed E-state index contributed by atoms with van der Waals surface area (Å²) in [5.74, 6) is -1.56. The van der Waals surface area contributed by atoms with Crippen LogP contribution >= 0.6 is 7.75 Å². The fourth-order valence-electron chi connectivity index (χ4n) is 6.54. The van der Waals surface area contributed by atoms with Gasteiger partial charge < -0.3 is 29.2 Å². The SMILES string of the molecule is CC(=O)O[C@H]1[C@@H](OC(C)=O)[C@](C)(c2ccc3c(N)ncnn23)O[C@@H]1COP(=O)(N[C@@H](C)C(=O)OC1CC(C)(C)C1)Oc1ccc(C(C)(C)C)cc1. The zero-order chi connectivity index (χ0) is 37.5. The number of benzene rings is 1. The Morgan fingerprint density at radius 3 is 2.27 bits per heavy atom. The molecular formula is C35H48N5O10P. The number of esters is 3. The fourth-order valence-corrected chi connectivity index (χ4v) is 8.04. The van der Waals surface area contributed by atoms with E-state index in [0.29, 0.717) is 24.1 Å². The minimum atomic E-state index is -4.40. The summed E-state index contributed by atoms with van der Waals surface area (Å²) in [5, 5.41) is 7.02. The predicted molar refractivity (Wildman–Crippen MR) is 186 cm³/mol. The summed E-state index contributed by atoms with van der Waals surface area (Å²) < 4.78 is 51.6. The van der Waals surface area contributed by atoms with Gasteiger partial charge in [-0.15, -0.1) is 0 Å². The Hall–Kier alpha value is -4.04. The number of nitrogens with zero attached hydrogens (tertiary/aromatic N) is 3. The molecule has 6 atom stereocenters. The van der Waals surface area contributed by atoms with Crippen LogP contribution in [0.5, 0.6) is 5.75 Å². The summed E-state index contributed by atoms with van der Waals surface area (Å²) in [6.45, 7) is 15.4. The maximum absolute atomic E-state index is 14.6. The monoisotopic (exact) mass is 729 g/mol. The molecule has 2 aromatic heterocycles. The molecule has 1 saturated heterocycles. The van der Waals surface area contributed by atoms with E-state index in [1.54, 1.807) is 31.2 Å². The lowest BCUT2D eigenvalue weighted by Gasteiger charge is -2.42. The molecule has 2 fully saturated rings. The number of aromatic nitrogens is 3. The Morgan fingerprint density at radius 1 is 1.04 bits per heavy atom. The standard InChI is InChI=1S/C35H48N5O10P/c1-20(32(43)48-25-16-34(7,8)17-25)39-51(44,50-24-12-10-23(11-13-24)33(4,5)6)45-18-27-29(46-21(2)41)30(47-22(3)42)35(9,49-27)28-15-14-26-31(36)37-19-38-40(26)28/h10-15,19-20,25,27,29-30H,16-18H2,1-9H3,(H,39,44)(H2,36,37,38)/t20-,27+,29+,30+,35-,51?/m0/s1. The quantitative estimate of drug-likeness (QED) is 0.144. The number of nitrogens with two attached hydrogens (primary N) is 1. The number of hydrogen-bond acceptors (Lipinski definition) is 13. The van der Waals surface area contributed by atoms with Gasteiger partial charge >= 0.3 is 25.7 Å². The number of carbonyl (C=O) groups excluding carboxylic acids is 3. The van der Waals surface area contributed by atoms with Gasteiger partial charge in [0.15, 0.2) is 18.0 Å². The lowest BCUT2D eigenvalue weighted by Crippen LogP contribution is -2.45. The summed E-state index contributed by atoms with van der Waals surface area (Å²) in [7, 11) is -4.40. The van der Waals surface area contributed by atoms with Gasteiger partial charge in [-0.05, 0) is 67.3 Å². The second kappa shape index (κ2) is 14.2. The van der Waals surface area contributed by atoms with E-state index >= 15 is 0 Å². The molecule has 15 nitrogen and oxygen atoms in total. The van der Waals surface area contributed by atoms with Crippen LogP contribution in [0, 0.1) is 5.41 Å². The molecule has 1 unspecified atom stereocenters. The Balaban J connectivity index is 1.45. The van der Waals surface area contributed by atoms with Gasteiger partial charge in [-0.1, -0.05) is 46.8 Å². The highest BCUT2D eigenvalue weighted by atomic mass is 31.2. The first kappa shape index (κ1) is 38.2. The summed E-state index contributed by atoms with van der Waals surface area (Å²) in [4.78, 5) is 42.0. The third-order valence-electron chi connectivity index (χ3n) is 9.09. The van der Waals surface area contributed by atoms with Crippen molar-refractivity contribution in [1.82, 2.24) is 19.7 Å². The summed E-state index contributed by atoms with van der Waals surface area (Å²) >= 11 is 0. The van der Waals surface area contributed by atoms with E-state index in [4.69, 9.17) is 33.7 Å². The number of fused-ring (bicyclic) bond motifs is 1. The first-order valence-electron chi connectivity index (χ1n) is 16.8. The van der Waals surface area contributed by atoms with Crippen LogP contribution < -0.4 is 15.3 Å². The highest BCUT2D eigenvalue weighted by molar-refractivity contribution is 7.52. The average molecular weight is 730 g/mol. The molecule has 51 heavy (non-hydrogen) atoms. The van der Waals surface area contributed by atoms with Crippen molar-refractivity contribution in [3.63, 3.8) is 0 Å². The van der Waals surface area contributed by atoms with E-state index in [0.717, 1.165) is 5.56 Å². The molecule has 3 heterocycles. The van der Waals surface area contributed by atoms with Gasteiger partial charge in [0, 0.05) is 13.8 Å². The molecule has 1 aromatic carbocycles. The molecule has 1 aliphatic carbocycles. The van der Waals surface area contributed by atoms with Crippen LogP contribution in [-0.2, 0) is 53.4 Å². The van der Waals surface area contributed by atoms with Gasteiger partial charge in [-0.2, -0.15) is 10.2 Å². The van der Waals surface area contributed by atoms with Crippen molar-refractivity contribution >= 4 is 37.0 Å². The fraction of sp³-hybridized carbons (Fsp3) is 0.571. The van der Waals surface area contributed by atoms with E-state index < -0.39 is 62.2 Å². The van der Waals surface area contributed by atoms with Crippen molar-refractivity contribution < 1.29 is 46.9 Å². The van der Waals surface area contributed by atoms with Gasteiger partial charge in [0.1, 0.15) is 41.4 Å². The van der Waals surface area contributed by atoms with Gasteiger partial charge in [-0.3, -0.25) is 18.9 Å². The van der Waals surface area contributed by atoms with Crippen molar-refractivity contribution in [1.29, 1.82) is 0 Å². The Bertz CT molecular complexity index is 1820. The van der Waals surface area contributed by atoms with Crippen LogP contribution in [0.1, 0.15) is 86.4 Å². The first-order valence-corrected chi connectivity index (χ1v) is 18.4. The number of nitrogens with one attached hydrogen (secondary N) is 1. The van der Waals surface area contributed by atoms with E-state index in [1.165, 1.54) is 31.6 Å². The molecule has 278 valence electrons. The second-order valence-electron chi connectivity index (χ2n) is 15.2. The van der Waals surface area contributed by atoms with Gasteiger partial charge in [-0.25, -0.2) is 14.1 Å². The molecule has 0 spiro atoms. The van der Waals surface area contributed by atoms with E-state index in [2.05, 4.69) is 49.8 Å². The van der Waals surface area contributed by atoms with Gasteiger partial charge in [0.25, 0.3) is 0 Å². The Kier molecular flexibility index (Phi) is 10.6. The maximum atomic E-state index is 14.6.